The van der Waals surface area contributed by atoms with Gasteiger partial charge in [-0.1, -0.05) is 60.7 Å². The second kappa shape index (κ2) is 8.47. The molecule has 0 unspecified atom stereocenters. The fraction of sp³-hybridized carbons (Fsp3) is 0.375. The largest absolute Gasteiger partial charge is 0.347 e. The summed E-state index contributed by atoms with van der Waals surface area (Å²) in [6.07, 6.45) is 1.87. The minimum Gasteiger partial charge on any atom is -0.347 e. The number of nitrogens with zero attached hydrogens (tertiary/aromatic N) is 2. The Labute approximate surface area is 182 Å². The smallest absolute Gasteiger partial charge is 0.178 e. The van der Waals surface area contributed by atoms with Gasteiger partial charge in [0.2, 0.25) is 0 Å². The number of hydrogen-bond acceptors (Lipinski definition) is 4. The quantitative estimate of drug-likeness (QED) is 0.606. The van der Waals surface area contributed by atoms with Gasteiger partial charge in [0.05, 0.1) is 24.6 Å². The maximum absolute atomic E-state index is 5.87. The molecule has 0 radical (unpaired) electrons. The maximum atomic E-state index is 5.87. The van der Waals surface area contributed by atoms with Crippen molar-refractivity contribution < 1.29 is 9.47 Å². The van der Waals surface area contributed by atoms with Crippen LogP contribution in [0.1, 0.15) is 12.8 Å². The van der Waals surface area contributed by atoms with E-state index in [0.717, 1.165) is 74.0 Å². The summed E-state index contributed by atoms with van der Waals surface area (Å²) in [7, 11) is 0. The molecule has 0 atom stereocenters. The second-order valence-corrected chi connectivity index (χ2v) is 8.37. The summed E-state index contributed by atoms with van der Waals surface area (Å²) in [4.78, 5) is 5.96. The molecule has 2 aliphatic rings. The summed E-state index contributed by atoms with van der Waals surface area (Å²) in [6.45, 7) is 5.23. The number of likely N-dealkylation sites (tertiary alicyclic amines) is 1. The van der Waals surface area contributed by atoms with Crippen molar-refractivity contribution in [1.29, 1.82) is 0 Å². The van der Waals surface area contributed by atoms with Gasteiger partial charge in [0.1, 0.15) is 0 Å². The minimum atomic E-state index is -0.323. The summed E-state index contributed by atoms with van der Waals surface area (Å²) >= 11 is 5.76. The molecule has 6 heteroatoms. The van der Waals surface area contributed by atoms with E-state index in [2.05, 4.69) is 63.0 Å². The normalized spacial score (nSPS) is 18.8. The van der Waals surface area contributed by atoms with Gasteiger partial charge in [0.15, 0.2) is 10.6 Å². The number of benzene rings is 2. The molecule has 1 spiro atoms. The van der Waals surface area contributed by atoms with Crippen LogP contribution in [0.15, 0.2) is 60.7 Å². The molecule has 30 heavy (non-hydrogen) atoms. The molecule has 1 aromatic heterocycles. The lowest BCUT2D eigenvalue weighted by molar-refractivity contribution is -0.185. The Morgan fingerprint density at radius 1 is 0.833 bits per heavy atom. The van der Waals surface area contributed by atoms with Gasteiger partial charge in [-0.3, -0.25) is 0 Å². The number of nitrogens with one attached hydrogen (secondary N) is 1. The third-order valence-electron chi connectivity index (χ3n) is 6.16. The lowest BCUT2D eigenvalue weighted by atomic mass is 10.0. The summed E-state index contributed by atoms with van der Waals surface area (Å²) in [5.41, 5.74) is 4.56. The zero-order valence-corrected chi connectivity index (χ0v) is 17.9. The van der Waals surface area contributed by atoms with E-state index in [9.17, 15) is 0 Å². The topological polar surface area (TPSA) is 42.4 Å². The third-order valence-corrected chi connectivity index (χ3v) is 6.49. The Balaban J connectivity index is 1.40. The van der Waals surface area contributed by atoms with E-state index in [-0.39, 0.29) is 5.79 Å². The van der Waals surface area contributed by atoms with Gasteiger partial charge < -0.3 is 23.9 Å². The number of H-pyrrole nitrogens is 1. The highest BCUT2D eigenvalue weighted by atomic mass is 32.1. The van der Waals surface area contributed by atoms with Crippen LogP contribution in [0.25, 0.3) is 22.5 Å². The van der Waals surface area contributed by atoms with E-state index < -0.39 is 0 Å². The van der Waals surface area contributed by atoms with Crippen molar-refractivity contribution in [2.45, 2.75) is 25.2 Å². The third kappa shape index (κ3) is 3.88. The van der Waals surface area contributed by atoms with Crippen molar-refractivity contribution in [2.75, 3.05) is 32.8 Å². The van der Waals surface area contributed by atoms with Crippen molar-refractivity contribution in [3.63, 3.8) is 0 Å². The van der Waals surface area contributed by atoms with E-state index in [4.69, 9.17) is 21.7 Å². The summed E-state index contributed by atoms with van der Waals surface area (Å²) in [5, 5.41) is 0. The van der Waals surface area contributed by atoms with Crippen LogP contribution < -0.4 is 0 Å². The summed E-state index contributed by atoms with van der Waals surface area (Å²) < 4.78 is 14.7. The average Bonchev–Trinajstić information content (AvgIpc) is 3.39. The van der Waals surface area contributed by atoms with Crippen LogP contribution >= 0.6 is 12.2 Å². The Kier molecular flexibility index (Phi) is 5.56. The molecule has 5 rings (SSSR count). The lowest BCUT2D eigenvalue weighted by Gasteiger charge is -2.37. The van der Waals surface area contributed by atoms with Crippen LogP contribution in [0.5, 0.6) is 0 Å². The van der Waals surface area contributed by atoms with Gasteiger partial charge in [0, 0.05) is 50.1 Å². The Morgan fingerprint density at radius 2 is 1.43 bits per heavy atom. The number of aromatic amines is 1. The molecule has 2 aliphatic heterocycles. The van der Waals surface area contributed by atoms with E-state index in [1.54, 1.807) is 0 Å². The fourth-order valence-corrected chi connectivity index (χ4v) is 4.82. The van der Waals surface area contributed by atoms with Gasteiger partial charge in [-0.2, -0.15) is 0 Å². The van der Waals surface area contributed by atoms with Gasteiger partial charge in [-0.05, 0) is 12.2 Å². The van der Waals surface area contributed by atoms with Crippen molar-refractivity contribution in [2.24, 2.45) is 0 Å². The van der Waals surface area contributed by atoms with E-state index in [1.807, 2.05) is 12.1 Å². The first-order chi connectivity index (χ1) is 14.7. The Hall–Kier alpha value is -2.25. The van der Waals surface area contributed by atoms with Crippen LogP contribution in [-0.4, -0.2) is 53.1 Å². The molecule has 1 N–H and O–H groups in total. The van der Waals surface area contributed by atoms with Crippen molar-refractivity contribution in [3.8, 4) is 22.5 Å². The second-order valence-electron chi connectivity index (χ2n) is 7.99. The summed E-state index contributed by atoms with van der Waals surface area (Å²) in [5.74, 6) is -0.323. The first-order valence-corrected chi connectivity index (χ1v) is 11.1. The monoisotopic (exact) mass is 421 g/mol. The molecule has 2 saturated heterocycles. The molecule has 2 fully saturated rings. The van der Waals surface area contributed by atoms with Crippen molar-refractivity contribution >= 4 is 12.2 Å². The highest BCUT2D eigenvalue weighted by molar-refractivity contribution is 7.71. The van der Waals surface area contributed by atoms with Crippen molar-refractivity contribution in [1.82, 2.24) is 14.5 Å². The van der Waals surface area contributed by atoms with Gasteiger partial charge in [-0.25, -0.2) is 0 Å². The van der Waals surface area contributed by atoms with E-state index >= 15 is 0 Å². The van der Waals surface area contributed by atoms with Crippen LogP contribution in [0.3, 0.4) is 0 Å². The zero-order valence-electron chi connectivity index (χ0n) is 17.0. The predicted molar refractivity (Wildman–Crippen MR) is 121 cm³/mol. The van der Waals surface area contributed by atoms with Crippen LogP contribution in [0.4, 0.5) is 0 Å². The molecule has 5 nitrogen and oxygen atoms in total. The predicted octanol–water partition coefficient (Wildman–Crippen LogP) is 4.72. The highest BCUT2D eigenvalue weighted by Crippen LogP contribution is 2.33. The number of aromatic nitrogens is 2. The van der Waals surface area contributed by atoms with Crippen LogP contribution in [0.2, 0.25) is 0 Å². The van der Waals surface area contributed by atoms with Crippen LogP contribution in [0, 0.1) is 4.77 Å². The molecule has 0 amide bonds. The molecule has 2 aromatic carbocycles. The van der Waals surface area contributed by atoms with E-state index in [0.29, 0.717) is 0 Å². The van der Waals surface area contributed by atoms with E-state index in [1.165, 1.54) is 5.56 Å². The molecule has 0 aliphatic carbocycles. The SMILES string of the molecule is S=c1[nH]c(-c2ccccc2)c(-c2ccccc2)n1CCN1CCC2(CC1)OCCO2. The average molecular weight is 422 g/mol. The molecule has 0 bridgehead atoms. The van der Waals surface area contributed by atoms with Gasteiger partial charge >= 0.3 is 0 Å². The number of piperidine rings is 1. The summed E-state index contributed by atoms with van der Waals surface area (Å²) in [6, 6.07) is 20.9. The number of rotatable bonds is 5. The minimum absolute atomic E-state index is 0.323. The standard InChI is InChI=1S/C24H27N3O2S/c30-23-25-21(19-7-3-1-4-8-19)22(20-9-5-2-6-10-20)27(23)16-15-26-13-11-24(12-14-26)28-17-18-29-24/h1-10H,11-18H2,(H,25,30). The fourth-order valence-electron chi connectivity index (χ4n) is 4.54. The molecular formula is C24H27N3O2S. The first kappa shape index (κ1) is 19.7. The van der Waals surface area contributed by atoms with Gasteiger partial charge in [0.25, 0.3) is 0 Å². The molecule has 0 saturated carbocycles. The van der Waals surface area contributed by atoms with Crippen LogP contribution in [-0.2, 0) is 16.0 Å². The molecular weight excluding hydrogens is 394 g/mol. The van der Waals surface area contributed by atoms with Crippen molar-refractivity contribution in [3.05, 3.63) is 65.4 Å². The lowest BCUT2D eigenvalue weighted by Crippen LogP contribution is -2.45. The number of imidazole rings is 1. The number of ether oxygens (including phenoxy) is 2. The molecule has 3 aromatic rings. The molecule has 156 valence electrons. The highest BCUT2D eigenvalue weighted by Gasteiger charge is 2.39. The number of hydrogen-bond donors (Lipinski definition) is 1. The zero-order chi connectivity index (χ0) is 20.4. The Bertz CT molecular complexity index is 1030. The maximum Gasteiger partial charge on any atom is 0.178 e. The molecule has 3 heterocycles. The van der Waals surface area contributed by atoms with Gasteiger partial charge in [-0.15, -0.1) is 0 Å². The first-order valence-electron chi connectivity index (χ1n) is 10.7. The Morgan fingerprint density at radius 3 is 2.07 bits per heavy atom.